The van der Waals surface area contributed by atoms with Gasteiger partial charge in [-0.05, 0) is 74.8 Å². The number of rotatable bonds is 6. The second-order valence-electron chi connectivity index (χ2n) is 8.26. The number of carbonyl (C=O) groups is 2. The van der Waals surface area contributed by atoms with E-state index in [0.29, 0.717) is 11.3 Å². The molecule has 1 aliphatic heterocycles. The highest BCUT2D eigenvalue weighted by Crippen LogP contribution is 2.31. The number of hydrogen-bond acceptors (Lipinski definition) is 6. The third-order valence-electron chi connectivity index (χ3n) is 6.14. The zero-order valence-electron chi connectivity index (χ0n) is 17.6. The first-order valence-electron chi connectivity index (χ1n) is 10.8. The van der Waals surface area contributed by atoms with E-state index in [9.17, 15) is 19.7 Å². The Labute approximate surface area is 181 Å². The van der Waals surface area contributed by atoms with Crippen LogP contribution in [0.2, 0.25) is 0 Å². The van der Waals surface area contributed by atoms with Crippen LogP contribution in [0.4, 0.5) is 11.4 Å². The topological polar surface area (TPSA) is 89.8 Å². The van der Waals surface area contributed by atoms with Gasteiger partial charge in [0, 0.05) is 24.7 Å². The number of esters is 1. The SMILES string of the molecule is C[C@@H](OC(=O)c1ccc(N2CCCCC2)c([N+](=O)[O-])c1)C(=O)c1ccc2c(c1)CCC2. The summed E-state index contributed by atoms with van der Waals surface area (Å²) in [5.41, 5.74) is 3.43. The molecule has 1 fully saturated rings. The minimum atomic E-state index is -0.979. The second-order valence-corrected chi connectivity index (χ2v) is 8.26. The van der Waals surface area contributed by atoms with E-state index in [1.165, 1.54) is 30.2 Å². The van der Waals surface area contributed by atoms with Gasteiger partial charge in [-0.1, -0.05) is 12.1 Å². The Morgan fingerprint density at radius 2 is 1.68 bits per heavy atom. The second kappa shape index (κ2) is 8.88. The van der Waals surface area contributed by atoms with Gasteiger partial charge in [0.1, 0.15) is 5.69 Å². The van der Waals surface area contributed by atoms with Gasteiger partial charge in [-0.25, -0.2) is 4.79 Å². The zero-order chi connectivity index (χ0) is 22.0. The van der Waals surface area contributed by atoms with Gasteiger partial charge in [-0.3, -0.25) is 14.9 Å². The average Bonchev–Trinajstić information content (AvgIpc) is 3.26. The number of nitrogens with zero attached hydrogens (tertiary/aromatic N) is 2. The van der Waals surface area contributed by atoms with Gasteiger partial charge >= 0.3 is 5.97 Å². The van der Waals surface area contributed by atoms with Crippen molar-refractivity contribution in [1.82, 2.24) is 0 Å². The summed E-state index contributed by atoms with van der Waals surface area (Å²) in [6.07, 6.45) is 5.19. The molecular weight excluding hydrogens is 396 g/mol. The summed E-state index contributed by atoms with van der Waals surface area (Å²) < 4.78 is 5.37. The third kappa shape index (κ3) is 4.45. The Kier molecular flexibility index (Phi) is 6.02. The number of aryl methyl sites for hydroxylation is 2. The molecule has 2 aliphatic rings. The third-order valence-corrected chi connectivity index (χ3v) is 6.14. The number of ketones is 1. The fourth-order valence-corrected chi connectivity index (χ4v) is 4.44. The summed E-state index contributed by atoms with van der Waals surface area (Å²) in [5, 5.41) is 11.6. The number of benzene rings is 2. The van der Waals surface area contributed by atoms with Gasteiger partial charge in [0.2, 0.25) is 5.78 Å². The Hall–Kier alpha value is -3.22. The monoisotopic (exact) mass is 422 g/mol. The molecular formula is C24H26N2O5. The van der Waals surface area contributed by atoms with Crippen molar-refractivity contribution in [2.45, 2.75) is 51.6 Å². The van der Waals surface area contributed by atoms with Gasteiger partial charge in [0.15, 0.2) is 6.10 Å². The van der Waals surface area contributed by atoms with Gasteiger partial charge in [-0.15, -0.1) is 0 Å². The molecule has 7 nitrogen and oxygen atoms in total. The Morgan fingerprint density at radius 1 is 0.968 bits per heavy atom. The van der Waals surface area contributed by atoms with Crippen LogP contribution in [0, 0.1) is 10.1 Å². The molecule has 2 aromatic carbocycles. The first kappa shape index (κ1) is 21.0. The summed E-state index contributed by atoms with van der Waals surface area (Å²) in [6, 6.07) is 10.0. The van der Waals surface area contributed by atoms with E-state index in [0.717, 1.165) is 51.6 Å². The van der Waals surface area contributed by atoms with Gasteiger partial charge in [-0.2, -0.15) is 0 Å². The van der Waals surface area contributed by atoms with Crippen LogP contribution in [0.1, 0.15) is 64.4 Å². The molecule has 7 heteroatoms. The number of anilines is 1. The van der Waals surface area contributed by atoms with E-state index in [4.69, 9.17) is 4.74 Å². The number of hydrogen-bond donors (Lipinski definition) is 0. The highest BCUT2D eigenvalue weighted by Gasteiger charge is 2.26. The number of Topliss-reactive ketones (excluding diaryl/α,β-unsaturated/α-hetero) is 1. The summed E-state index contributed by atoms with van der Waals surface area (Å²) >= 11 is 0. The lowest BCUT2D eigenvalue weighted by Crippen LogP contribution is -2.30. The van der Waals surface area contributed by atoms with Crippen molar-refractivity contribution in [2.24, 2.45) is 0 Å². The Morgan fingerprint density at radius 3 is 2.42 bits per heavy atom. The lowest BCUT2D eigenvalue weighted by atomic mass is 10.0. The van der Waals surface area contributed by atoms with Crippen LogP contribution in [-0.4, -0.2) is 35.9 Å². The van der Waals surface area contributed by atoms with Crippen molar-refractivity contribution in [3.63, 3.8) is 0 Å². The molecule has 0 bridgehead atoms. The van der Waals surface area contributed by atoms with Gasteiger partial charge in [0.05, 0.1) is 10.5 Å². The van der Waals surface area contributed by atoms with E-state index < -0.39 is 17.0 Å². The summed E-state index contributed by atoms with van der Waals surface area (Å²) in [5.74, 6) is -1.02. The maximum Gasteiger partial charge on any atom is 0.339 e. The van der Waals surface area contributed by atoms with Gasteiger partial charge < -0.3 is 9.64 Å². The molecule has 162 valence electrons. The molecule has 1 heterocycles. The van der Waals surface area contributed by atoms with E-state index in [1.807, 2.05) is 17.0 Å². The molecule has 2 aromatic rings. The minimum absolute atomic E-state index is 0.0704. The van der Waals surface area contributed by atoms with Crippen molar-refractivity contribution < 1.29 is 19.2 Å². The molecule has 4 rings (SSSR count). The quantitative estimate of drug-likeness (QED) is 0.295. The molecule has 0 aromatic heterocycles. The summed E-state index contributed by atoms with van der Waals surface area (Å²) in [6.45, 7) is 3.05. The van der Waals surface area contributed by atoms with Crippen LogP contribution in [0.3, 0.4) is 0 Å². The molecule has 1 saturated heterocycles. The predicted molar refractivity (Wildman–Crippen MR) is 117 cm³/mol. The smallest absolute Gasteiger partial charge is 0.339 e. The Bertz CT molecular complexity index is 1030. The van der Waals surface area contributed by atoms with Crippen molar-refractivity contribution in [2.75, 3.05) is 18.0 Å². The molecule has 0 saturated carbocycles. The predicted octanol–water partition coefficient (Wildman–Crippen LogP) is 4.50. The fraction of sp³-hybridized carbons (Fsp3) is 0.417. The average molecular weight is 422 g/mol. The molecule has 31 heavy (non-hydrogen) atoms. The first-order chi connectivity index (χ1) is 14.9. The molecule has 0 N–H and O–H groups in total. The number of piperidine rings is 1. The van der Waals surface area contributed by atoms with E-state index in [2.05, 4.69) is 0 Å². The number of nitro groups is 1. The van der Waals surface area contributed by atoms with Crippen molar-refractivity contribution in [3.8, 4) is 0 Å². The zero-order valence-corrected chi connectivity index (χ0v) is 17.6. The molecule has 1 atom stereocenters. The minimum Gasteiger partial charge on any atom is -0.451 e. The number of ether oxygens (including phenoxy) is 1. The molecule has 0 unspecified atom stereocenters. The molecule has 1 aliphatic carbocycles. The van der Waals surface area contributed by atoms with Crippen molar-refractivity contribution in [1.29, 1.82) is 0 Å². The Balaban J connectivity index is 1.49. The van der Waals surface area contributed by atoms with Crippen LogP contribution in [0.15, 0.2) is 36.4 Å². The van der Waals surface area contributed by atoms with E-state index in [-0.39, 0.29) is 17.0 Å². The highest BCUT2D eigenvalue weighted by atomic mass is 16.6. The maximum atomic E-state index is 12.8. The molecule has 0 radical (unpaired) electrons. The van der Waals surface area contributed by atoms with Crippen LogP contribution in [0.5, 0.6) is 0 Å². The highest BCUT2D eigenvalue weighted by molar-refractivity contribution is 6.01. The number of carbonyl (C=O) groups excluding carboxylic acids is 2. The van der Waals surface area contributed by atoms with Crippen molar-refractivity contribution >= 4 is 23.1 Å². The molecule has 0 spiro atoms. The first-order valence-corrected chi connectivity index (χ1v) is 10.8. The van der Waals surface area contributed by atoms with Crippen LogP contribution in [-0.2, 0) is 17.6 Å². The number of nitro benzene ring substituents is 1. The summed E-state index contributed by atoms with van der Waals surface area (Å²) in [7, 11) is 0. The van der Waals surface area contributed by atoms with E-state index >= 15 is 0 Å². The van der Waals surface area contributed by atoms with Crippen LogP contribution < -0.4 is 4.90 Å². The number of fused-ring (bicyclic) bond motifs is 1. The standard InChI is InChI=1S/C24H26N2O5/c1-16(23(27)19-9-8-17-6-5-7-18(17)14-19)31-24(28)20-10-11-21(22(15-20)26(29)30)25-12-3-2-4-13-25/h8-11,14-16H,2-7,12-13H2,1H3/t16-/m1/s1. The lowest BCUT2D eigenvalue weighted by molar-refractivity contribution is -0.384. The largest absolute Gasteiger partial charge is 0.451 e. The fourth-order valence-electron chi connectivity index (χ4n) is 4.44. The molecule has 0 amide bonds. The normalized spacial score (nSPS) is 16.5. The van der Waals surface area contributed by atoms with Gasteiger partial charge in [0.25, 0.3) is 5.69 Å². The van der Waals surface area contributed by atoms with E-state index in [1.54, 1.807) is 12.1 Å². The summed E-state index contributed by atoms with van der Waals surface area (Å²) in [4.78, 5) is 38.5. The lowest BCUT2D eigenvalue weighted by Gasteiger charge is -2.28. The van der Waals surface area contributed by atoms with Crippen molar-refractivity contribution in [3.05, 3.63) is 68.8 Å². The maximum absolute atomic E-state index is 12.8. The van der Waals surface area contributed by atoms with Crippen LogP contribution in [0.25, 0.3) is 0 Å². The van der Waals surface area contributed by atoms with Crippen LogP contribution >= 0.6 is 0 Å².